The van der Waals surface area contributed by atoms with Crippen molar-refractivity contribution >= 4 is 17.5 Å². The molecule has 1 aromatic rings. The summed E-state index contributed by atoms with van der Waals surface area (Å²) in [5.41, 5.74) is 1.71. The van der Waals surface area contributed by atoms with E-state index in [1.54, 1.807) is 12.1 Å². The fraction of sp³-hybridized carbons (Fsp3) is 0.476. The van der Waals surface area contributed by atoms with Crippen molar-refractivity contribution in [2.75, 3.05) is 6.61 Å². The predicted molar refractivity (Wildman–Crippen MR) is 101 cm³/mol. The Morgan fingerprint density at radius 1 is 1.23 bits per heavy atom. The van der Waals surface area contributed by atoms with Gasteiger partial charge >= 0.3 is 5.97 Å². The number of Topliss-reactive ketones (excluding diaryl/α,β-unsaturated/α-hetero) is 1. The van der Waals surface area contributed by atoms with E-state index in [2.05, 4.69) is 5.16 Å². The monoisotopic (exact) mass is 357 g/mol. The van der Waals surface area contributed by atoms with Crippen LogP contribution in [-0.4, -0.2) is 24.1 Å². The van der Waals surface area contributed by atoms with Crippen LogP contribution in [0.3, 0.4) is 0 Å². The van der Waals surface area contributed by atoms with E-state index in [1.807, 2.05) is 52.8 Å². The molecule has 1 aliphatic rings. The van der Waals surface area contributed by atoms with Crippen molar-refractivity contribution in [3.05, 3.63) is 47.2 Å². The largest absolute Gasteiger partial charge is 0.427 e. The number of ketones is 1. The average molecular weight is 357 g/mol. The highest BCUT2D eigenvalue weighted by Gasteiger charge is 2.39. The molecule has 0 saturated carbocycles. The van der Waals surface area contributed by atoms with Gasteiger partial charge in [-0.1, -0.05) is 43.6 Å². The van der Waals surface area contributed by atoms with Gasteiger partial charge in [0.15, 0.2) is 0 Å². The first-order valence-corrected chi connectivity index (χ1v) is 9.00. The Bertz CT molecular complexity index is 729. The molecule has 0 amide bonds. The van der Waals surface area contributed by atoms with Gasteiger partial charge in [0.1, 0.15) is 24.1 Å². The number of esters is 1. The van der Waals surface area contributed by atoms with Crippen molar-refractivity contribution in [1.29, 1.82) is 0 Å². The molecule has 0 fully saturated rings. The van der Waals surface area contributed by atoms with Crippen molar-refractivity contribution in [3.8, 4) is 0 Å². The smallest absolute Gasteiger partial charge is 0.343 e. The molecule has 1 aromatic carbocycles. The van der Waals surface area contributed by atoms with Gasteiger partial charge in [-0.05, 0) is 43.9 Å². The maximum atomic E-state index is 12.8. The van der Waals surface area contributed by atoms with E-state index >= 15 is 0 Å². The van der Waals surface area contributed by atoms with E-state index in [0.717, 1.165) is 5.56 Å². The van der Waals surface area contributed by atoms with Crippen LogP contribution < -0.4 is 0 Å². The molecule has 140 valence electrons. The number of hydrogen-bond acceptors (Lipinski definition) is 5. The molecule has 0 spiro atoms. The summed E-state index contributed by atoms with van der Waals surface area (Å²) in [7, 11) is 0. The zero-order valence-corrected chi connectivity index (χ0v) is 16.2. The van der Waals surface area contributed by atoms with Gasteiger partial charge < -0.3 is 9.57 Å². The number of benzene rings is 1. The third-order valence-corrected chi connectivity index (χ3v) is 4.27. The van der Waals surface area contributed by atoms with Gasteiger partial charge in [-0.25, -0.2) is 4.79 Å². The fourth-order valence-corrected chi connectivity index (χ4v) is 2.99. The lowest BCUT2D eigenvalue weighted by Crippen LogP contribution is -2.36. The summed E-state index contributed by atoms with van der Waals surface area (Å²) in [6, 6.07) is 7.15. The number of rotatable bonds is 6. The van der Waals surface area contributed by atoms with Gasteiger partial charge in [-0.15, -0.1) is 0 Å². The third kappa shape index (κ3) is 4.81. The second kappa shape index (κ2) is 8.30. The first-order valence-electron chi connectivity index (χ1n) is 9.00. The van der Waals surface area contributed by atoms with Crippen LogP contribution in [0, 0.1) is 18.3 Å². The first-order chi connectivity index (χ1) is 12.3. The normalized spacial score (nSPS) is 19.7. The van der Waals surface area contributed by atoms with Crippen LogP contribution in [0.2, 0.25) is 0 Å². The SMILES string of the molecule is CCON=C(CC)C1C(=O)CC(C)(C)C=C1OC(=O)c1ccc(C)cc1. The fourth-order valence-electron chi connectivity index (χ4n) is 2.99. The topological polar surface area (TPSA) is 65.0 Å². The molecule has 0 aromatic heterocycles. The van der Waals surface area contributed by atoms with Crippen molar-refractivity contribution in [2.45, 2.75) is 47.5 Å². The minimum Gasteiger partial charge on any atom is -0.427 e. The number of carbonyl (C=O) groups excluding carboxylic acids is 2. The highest BCUT2D eigenvalue weighted by Crippen LogP contribution is 2.36. The molecule has 0 heterocycles. The van der Waals surface area contributed by atoms with E-state index in [4.69, 9.17) is 9.57 Å². The Morgan fingerprint density at radius 2 is 1.88 bits per heavy atom. The van der Waals surface area contributed by atoms with Gasteiger partial charge in [0.25, 0.3) is 0 Å². The highest BCUT2D eigenvalue weighted by molar-refractivity contribution is 6.08. The number of aryl methyl sites for hydroxylation is 1. The maximum absolute atomic E-state index is 12.8. The first kappa shape index (κ1) is 19.9. The zero-order chi connectivity index (χ0) is 19.3. The van der Waals surface area contributed by atoms with Crippen molar-refractivity contribution in [1.82, 2.24) is 0 Å². The molecule has 0 aliphatic heterocycles. The molecule has 5 nitrogen and oxygen atoms in total. The maximum Gasteiger partial charge on any atom is 0.343 e. The third-order valence-electron chi connectivity index (χ3n) is 4.27. The Hall–Kier alpha value is -2.43. The van der Waals surface area contributed by atoms with Gasteiger partial charge in [-0.2, -0.15) is 0 Å². The lowest BCUT2D eigenvalue weighted by molar-refractivity contribution is -0.123. The van der Waals surface area contributed by atoms with Gasteiger partial charge in [0, 0.05) is 6.42 Å². The number of carbonyl (C=O) groups is 2. The summed E-state index contributed by atoms with van der Waals surface area (Å²) >= 11 is 0. The highest BCUT2D eigenvalue weighted by atomic mass is 16.6. The average Bonchev–Trinajstić information content (AvgIpc) is 2.56. The lowest BCUT2D eigenvalue weighted by atomic mass is 9.75. The summed E-state index contributed by atoms with van der Waals surface area (Å²) in [5.74, 6) is -0.811. The Labute approximate surface area is 155 Å². The van der Waals surface area contributed by atoms with E-state index in [0.29, 0.717) is 36.5 Å². The molecule has 0 bridgehead atoms. The molecule has 0 radical (unpaired) electrons. The lowest BCUT2D eigenvalue weighted by Gasteiger charge is -2.31. The minimum absolute atomic E-state index is 0.00971. The molecule has 1 aliphatic carbocycles. The van der Waals surface area contributed by atoms with Crippen LogP contribution in [0.5, 0.6) is 0 Å². The van der Waals surface area contributed by atoms with E-state index in [-0.39, 0.29) is 11.2 Å². The van der Waals surface area contributed by atoms with Crippen molar-refractivity contribution < 1.29 is 19.2 Å². The van der Waals surface area contributed by atoms with Gasteiger partial charge in [-0.3, -0.25) is 4.79 Å². The van der Waals surface area contributed by atoms with Crippen LogP contribution in [0.15, 0.2) is 41.3 Å². The second-order valence-corrected chi connectivity index (χ2v) is 7.22. The minimum atomic E-state index is -0.672. The Balaban J connectivity index is 2.35. The van der Waals surface area contributed by atoms with Crippen LogP contribution >= 0.6 is 0 Å². The molecule has 26 heavy (non-hydrogen) atoms. The molecule has 0 N–H and O–H groups in total. The predicted octanol–water partition coefficient (Wildman–Crippen LogP) is 4.45. The zero-order valence-electron chi connectivity index (χ0n) is 16.2. The van der Waals surface area contributed by atoms with Crippen LogP contribution in [-0.2, 0) is 14.4 Å². The Kier molecular flexibility index (Phi) is 6.35. The van der Waals surface area contributed by atoms with Crippen LogP contribution in [0.1, 0.15) is 56.5 Å². The van der Waals surface area contributed by atoms with Gasteiger partial charge in [0.2, 0.25) is 0 Å². The summed E-state index contributed by atoms with van der Waals surface area (Å²) < 4.78 is 5.66. The summed E-state index contributed by atoms with van der Waals surface area (Å²) in [4.78, 5) is 30.5. The van der Waals surface area contributed by atoms with E-state index in [9.17, 15) is 9.59 Å². The second-order valence-electron chi connectivity index (χ2n) is 7.22. The molecular weight excluding hydrogens is 330 g/mol. The number of ether oxygens (including phenoxy) is 1. The molecule has 0 saturated heterocycles. The number of nitrogens with zero attached hydrogens (tertiary/aromatic N) is 1. The molecule has 2 rings (SSSR count). The van der Waals surface area contributed by atoms with E-state index in [1.165, 1.54) is 0 Å². The summed E-state index contributed by atoms with van der Waals surface area (Å²) in [5, 5.41) is 4.09. The summed E-state index contributed by atoms with van der Waals surface area (Å²) in [6.07, 6.45) is 2.77. The van der Waals surface area contributed by atoms with E-state index < -0.39 is 11.9 Å². The summed E-state index contributed by atoms with van der Waals surface area (Å²) in [6.45, 7) is 10.0. The molecular formula is C21H27NO4. The quantitative estimate of drug-likeness (QED) is 0.428. The molecule has 1 unspecified atom stereocenters. The number of allylic oxidation sites excluding steroid dienone is 2. The Morgan fingerprint density at radius 3 is 2.46 bits per heavy atom. The van der Waals surface area contributed by atoms with Crippen LogP contribution in [0.25, 0.3) is 0 Å². The van der Waals surface area contributed by atoms with Crippen molar-refractivity contribution in [3.63, 3.8) is 0 Å². The number of oxime groups is 1. The standard InChI is InChI=1S/C21H27NO4/c1-6-16(22-25-7-2)19-17(23)12-21(4,5)13-18(19)26-20(24)15-10-8-14(3)9-11-15/h8-11,13,19H,6-7,12H2,1-5H3. The van der Waals surface area contributed by atoms with Crippen LogP contribution in [0.4, 0.5) is 0 Å². The molecule has 1 atom stereocenters. The van der Waals surface area contributed by atoms with Crippen molar-refractivity contribution in [2.24, 2.45) is 16.5 Å². The molecule has 5 heteroatoms. The number of hydrogen-bond donors (Lipinski definition) is 0. The van der Waals surface area contributed by atoms with Gasteiger partial charge in [0.05, 0.1) is 11.3 Å².